The minimum absolute atomic E-state index is 0.187. The number of ether oxygens (including phenoxy) is 2. The van der Waals surface area contributed by atoms with Gasteiger partial charge in [0.05, 0.1) is 13.7 Å². The van der Waals surface area contributed by atoms with Crippen molar-refractivity contribution in [3.63, 3.8) is 0 Å². The number of methoxy groups -OCH3 is 1. The number of nitrogens with zero attached hydrogens (tertiary/aromatic N) is 1. The molecule has 2 heterocycles. The molecule has 20 heavy (non-hydrogen) atoms. The molecule has 0 aromatic heterocycles. The van der Waals surface area contributed by atoms with Gasteiger partial charge in [-0.25, -0.2) is 0 Å². The molecule has 1 fully saturated rings. The minimum atomic E-state index is 0.187. The predicted molar refractivity (Wildman–Crippen MR) is 79.5 cm³/mol. The van der Waals surface area contributed by atoms with Gasteiger partial charge in [-0.15, -0.1) is 0 Å². The van der Waals surface area contributed by atoms with E-state index in [1.54, 1.807) is 7.11 Å². The summed E-state index contributed by atoms with van der Waals surface area (Å²) in [7, 11) is 1.70. The van der Waals surface area contributed by atoms with Crippen LogP contribution in [0.1, 0.15) is 18.4 Å². The molecule has 4 heteroatoms. The molecule has 0 radical (unpaired) electrons. The Morgan fingerprint density at radius 1 is 1.35 bits per heavy atom. The van der Waals surface area contributed by atoms with Crippen LogP contribution in [0.15, 0.2) is 29.3 Å². The van der Waals surface area contributed by atoms with Crippen molar-refractivity contribution in [3.8, 4) is 5.75 Å². The molecule has 2 aliphatic rings. The summed E-state index contributed by atoms with van der Waals surface area (Å²) in [4.78, 5) is 4.61. The van der Waals surface area contributed by atoms with Crippen molar-refractivity contribution in [2.24, 2.45) is 10.9 Å². The van der Waals surface area contributed by atoms with E-state index in [0.29, 0.717) is 5.92 Å². The zero-order chi connectivity index (χ0) is 13.8. The van der Waals surface area contributed by atoms with E-state index >= 15 is 0 Å². The van der Waals surface area contributed by atoms with Crippen molar-refractivity contribution in [1.82, 2.24) is 5.32 Å². The molecule has 2 aliphatic heterocycles. The topological polar surface area (TPSA) is 42.8 Å². The summed E-state index contributed by atoms with van der Waals surface area (Å²) in [5, 5.41) is 3.38. The maximum Gasteiger partial charge on any atom is 0.187 e. The predicted octanol–water partition coefficient (Wildman–Crippen LogP) is 2.03. The second kappa shape index (κ2) is 6.27. The summed E-state index contributed by atoms with van der Waals surface area (Å²) < 4.78 is 11.3. The number of nitrogens with one attached hydrogen (secondary N) is 1. The Hall–Kier alpha value is -1.55. The van der Waals surface area contributed by atoms with Crippen LogP contribution in [-0.2, 0) is 11.2 Å². The van der Waals surface area contributed by atoms with E-state index in [-0.39, 0.29) is 6.10 Å². The summed E-state index contributed by atoms with van der Waals surface area (Å²) in [5.74, 6) is 2.41. The molecule has 0 amide bonds. The van der Waals surface area contributed by atoms with Gasteiger partial charge in [-0.2, -0.15) is 0 Å². The van der Waals surface area contributed by atoms with E-state index in [0.717, 1.165) is 50.5 Å². The van der Waals surface area contributed by atoms with Crippen molar-refractivity contribution in [2.75, 3.05) is 26.7 Å². The van der Waals surface area contributed by atoms with Crippen LogP contribution in [0.2, 0.25) is 0 Å². The average Bonchev–Trinajstić information content (AvgIpc) is 2.97. The Morgan fingerprint density at radius 3 is 3.00 bits per heavy atom. The van der Waals surface area contributed by atoms with Crippen molar-refractivity contribution < 1.29 is 9.47 Å². The first-order chi connectivity index (χ1) is 9.85. The minimum Gasteiger partial charge on any atom is -0.497 e. The third-order valence-corrected chi connectivity index (χ3v) is 4.02. The molecule has 1 atom stereocenters. The molecule has 0 bridgehead atoms. The average molecular weight is 274 g/mol. The summed E-state index contributed by atoms with van der Waals surface area (Å²) in [6.45, 7) is 2.94. The summed E-state index contributed by atoms with van der Waals surface area (Å²) >= 11 is 0. The Labute approximate surface area is 120 Å². The van der Waals surface area contributed by atoms with Gasteiger partial charge in [0.2, 0.25) is 0 Å². The first-order valence-electron chi connectivity index (χ1n) is 7.40. The Balaban J connectivity index is 1.55. The van der Waals surface area contributed by atoms with E-state index in [9.17, 15) is 0 Å². The van der Waals surface area contributed by atoms with E-state index in [4.69, 9.17) is 9.47 Å². The van der Waals surface area contributed by atoms with Crippen LogP contribution in [0.4, 0.5) is 0 Å². The molecule has 108 valence electrons. The van der Waals surface area contributed by atoms with E-state index < -0.39 is 0 Å². The fourth-order valence-electron chi connectivity index (χ4n) is 2.90. The number of benzene rings is 1. The van der Waals surface area contributed by atoms with Crippen molar-refractivity contribution in [2.45, 2.75) is 25.4 Å². The lowest BCUT2D eigenvalue weighted by Crippen LogP contribution is -2.32. The summed E-state index contributed by atoms with van der Waals surface area (Å²) in [6, 6.07) is 8.19. The Kier molecular flexibility index (Phi) is 4.21. The molecule has 0 spiro atoms. The number of hydrogen-bond acceptors (Lipinski definition) is 4. The third kappa shape index (κ3) is 3.12. The maximum absolute atomic E-state index is 6.06. The van der Waals surface area contributed by atoms with Crippen LogP contribution in [0.25, 0.3) is 0 Å². The monoisotopic (exact) mass is 274 g/mol. The van der Waals surface area contributed by atoms with Crippen LogP contribution in [0.3, 0.4) is 0 Å². The lowest BCUT2D eigenvalue weighted by Gasteiger charge is -2.23. The largest absolute Gasteiger partial charge is 0.497 e. The first-order valence-corrected chi connectivity index (χ1v) is 7.40. The SMILES string of the molecule is COc1cccc(CC2CN=C(C3CCNCC3)O2)c1. The highest BCUT2D eigenvalue weighted by Crippen LogP contribution is 2.22. The molecule has 1 aromatic rings. The van der Waals surface area contributed by atoms with Gasteiger partial charge in [-0.1, -0.05) is 12.1 Å². The van der Waals surface area contributed by atoms with Gasteiger partial charge in [-0.05, 0) is 43.6 Å². The number of aliphatic imine (C=N–C) groups is 1. The van der Waals surface area contributed by atoms with Gasteiger partial charge in [0.15, 0.2) is 5.90 Å². The second-order valence-corrected chi connectivity index (χ2v) is 5.50. The number of rotatable bonds is 4. The van der Waals surface area contributed by atoms with Gasteiger partial charge < -0.3 is 14.8 Å². The molecule has 0 saturated carbocycles. The van der Waals surface area contributed by atoms with Crippen molar-refractivity contribution in [1.29, 1.82) is 0 Å². The maximum atomic E-state index is 6.06. The van der Waals surface area contributed by atoms with E-state index in [1.807, 2.05) is 12.1 Å². The van der Waals surface area contributed by atoms with Gasteiger partial charge >= 0.3 is 0 Å². The zero-order valence-corrected chi connectivity index (χ0v) is 12.0. The number of hydrogen-bond donors (Lipinski definition) is 1. The van der Waals surface area contributed by atoms with Crippen LogP contribution in [-0.4, -0.2) is 38.7 Å². The molecule has 4 nitrogen and oxygen atoms in total. The zero-order valence-electron chi connectivity index (χ0n) is 12.0. The van der Waals surface area contributed by atoms with Gasteiger partial charge in [-0.3, -0.25) is 4.99 Å². The number of piperidine rings is 1. The molecular formula is C16H22N2O2. The highest BCUT2D eigenvalue weighted by molar-refractivity contribution is 5.80. The van der Waals surface area contributed by atoms with E-state index in [2.05, 4.69) is 22.4 Å². The quantitative estimate of drug-likeness (QED) is 0.913. The smallest absolute Gasteiger partial charge is 0.187 e. The van der Waals surface area contributed by atoms with Gasteiger partial charge in [0.25, 0.3) is 0 Å². The third-order valence-electron chi connectivity index (χ3n) is 4.02. The van der Waals surface area contributed by atoms with Crippen LogP contribution in [0.5, 0.6) is 5.75 Å². The molecule has 1 saturated heterocycles. The fourth-order valence-corrected chi connectivity index (χ4v) is 2.90. The van der Waals surface area contributed by atoms with Gasteiger partial charge in [0.1, 0.15) is 11.9 Å². The molecule has 0 aliphatic carbocycles. The van der Waals surface area contributed by atoms with Crippen molar-refractivity contribution >= 4 is 5.90 Å². The molecule has 1 N–H and O–H groups in total. The Bertz CT molecular complexity index is 481. The standard InChI is InChI=1S/C16H22N2O2/c1-19-14-4-2-3-12(9-14)10-15-11-18-16(20-15)13-5-7-17-8-6-13/h2-4,9,13,15,17H,5-8,10-11H2,1H3. The van der Waals surface area contributed by atoms with Crippen LogP contribution in [0, 0.1) is 5.92 Å². The highest BCUT2D eigenvalue weighted by Gasteiger charge is 2.27. The summed E-state index contributed by atoms with van der Waals surface area (Å²) in [5.41, 5.74) is 1.25. The Morgan fingerprint density at radius 2 is 2.20 bits per heavy atom. The van der Waals surface area contributed by atoms with Crippen LogP contribution < -0.4 is 10.1 Å². The molecule has 3 rings (SSSR count). The lowest BCUT2D eigenvalue weighted by molar-refractivity contribution is 0.204. The fraction of sp³-hybridized carbons (Fsp3) is 0.562. The van der Waals surface area contributed by atoms with E-state index in [1.165, 1.54) is 5.56 Å². The molecule has 1 aromatic carbocycles. The van der Waals surface area contributed by atoms with Crippen LogP contribution >= 0.6 is 0 Å². The normalized spacial score (nSPS) is 23.2. The van der Waals surface area contributed by atoms with Gasteiger partial charge in [0, 0.05) is 12.3 Å². The summed E-state index contributed by atoms with van der Waals surface area (Å²) in [6.07, 6.45) is 3.37. The lowest BCUT2D eigenvalue weighted by atomic mass is 9.98. The molecular weight excluding hydrogens is 252 g/mol. The first kappa shape index (κ1) is 13.4. The van der Waals surface area contributed by atoms with Crippen molar-refractivity contribution in [3.05, 3.63) is 29.8 Å². The second-order valence-electron chi connectivity index (χ2n) is 5.50. The molecule has 1 unspecified atom stereocenters. The highest BCUT2D eigenvalue weighted by atomic mass is 16.5.